The molecular formula is C14H17N3O4. The fraction of sp³-hybridized carbons (Fsp3) is 0.429. The van der Waals surface area contributed by atoms with E-state index < -0.39 is 27.8 Å². The van der Waals surface area contributed by atoms with Crippen molar-refractivity contribution in [3.8, 4) is 0 Å². The Labute approximate surface area is 121 Å². The standard InChI is InChI=1S/C14H17N3O4/c1-7(2)6-14(3)8-4-5-9(15)11(17(20)21)10(8)12(18)16-13(14)19/h4-5,7H,6,15H2,1-3H3,(H,16,18,19). The van der Waals surface area contributed by atoms with Gasteiger partial charge in [0.25, 0.3) is 5.91 Å². The van der Waals surface area contributed by atoms with Gasteiger partial charge in [-0.2, -0.15) is 0 Å². The molecule has 0 spiro atoms. The van der Waals surface area contributed by atoms with E-state index in [-0.39, 0.29) is 17.2 Å². The van der Waals surface area contributed by atoms with E-state index in [1.165, 1.54) is 12.1 Å². The van der Waals surface area contributed by atoms with Crippen molar-refractivity contribution in [3.63, 3.8) is 0 Å². The minimum absolute atomic E-state index is 0.0878. The van der Waals surface area contributed by atoms with Crippen LogP contribution in [0.25, 0.3) is 0 Å². The Morgan fingerprint density at radius 1 is 1.38 bits per heavy atom. The number of anilines is 1. The molecule has 0 aliphatic carbocycles. The highest BCUT2D eigenvalue weighted by atomic mass is 16.6. The summed E-state index contributed by atoms with van der Waals surface area (Å²) in [5, 5.41) is 13.4. The Morgan fingerprint density at radius 3 is 2.52 bits per heavy atom. The number of hydrogen-bond acceptors (Lipinski definition) is 5. The van der Waals surface area contributed by atoms with Crippen LogP contribution in [0.5, 0.6) is 0 Å². The van der Waals surface area contributed by atoms with Crippen LogP contribution in [0.4, 0.5) is 11.4 Å². The smallest absolute Gasteiger partial charge is 0.305 e. The van der Waals surface area contributed by atoms with Gasteiger partial charge in [-0.25, -0.2) is 0 Å². The highest BCUT2D eigenvalue weighted by Crippen LogP contribution is 2.41. The van der Waals surface area contributed by atoms with E-state index in [1.807, 2.05) is 13.8 Å². The summed E-state index contributed by atoms with van der Waals surface area (Å²) in [6.07, 6.45) is 0.472. The Hall–Kier alpha value is -2.44. The second-order valence-electron chi connectivity index (χ2n) is 5.90. The second kappa shape index (κ2) is 4.83. The van der Waals surface area contributed by atoms with Gasteiger partial charge >= 0.3 is 5.69 Å². The summed E-state index contributed by atoms with van der Waals surface area (Å²) in [7, 11) is 0. The molecule has 7 nitrogen and oxygen atoms in total. The van der Waals surface area contributed by atoms with Gasteiger partial charge in [-0.3, -0.25) is 25.0 Å². The third-order valence-corrected chi connectivity index (χ3v) is 3.76. The van der Waals surface area contributed by atoms with E-state index >= 15 is 0 Å². The second-order valence-corrected chi connectivity index (χ2v) is 5.90. The average molecular weight is 291 g/mol. The van der Waals surface area contributed by atoms with Gasteiger partial charge in [0.05, 0.1) is 10.3 Å². The number of rotatable bonds is 3. The van der Waals surface area contributed by atoms with Crippen LogP contribution in [-0.2, 0) is 10.2 Å². The number of nitrogens with two attached hydrogens (primary N) is 1. The molecule has 1 aliphatic heterocycles. The van der Waals surface area contributed by atoms with Crippen molar-refractivity contribution in [3.05, 3.63) is 33.4 Å². The van der Waals surface area contributed by atoms with Crippen LogP contribution in [-0.4, -0.2) is 16.7 Å². The quantitative estimate of drug-likeness (QED) is 0.381. The molecule has 0 bridgehead atoms. The van der Waals surface area contributed by atoms with Crippen molar-refractivity contribution in [1.29, 1.82) is 0 Å². The van der Waals surface area contributed by atoms with Crippen molar-refractivity contribution in [2.45, 2.75) is 32.6 Å². The number of nitro benzene ring substituents is 1. The summed E-state index contributed by atoms with van der Waals surface area (Å²) in [5.41, 5.74) is 4.37. The first-order valence-corrected chi connectivity index (χ1v) is 6.61. The normalized spacial score (nSPS) is 21.1. The monoisotopic (exact) mass is 291 g/mol. The van der Waals surface area contributed by atoms with Gasteiger partial charge in [-0.1, -0.05) is 19.9 Å². The van der Waals surface area contributed by atoms with Crippen molar-refractivity contribution in [1.82, 2.24) is 5.32 Å². The van der Waals surface area contributed by atoms with E-state index in [4.69, 9.17) is 5.73 Å². The molecule has 0 saturated carbocycles. The molecule has 0 saturated heterocycles. The maximum Gasteiger partial charge on any atom is 0.305 e. The van der Waals surface area contributed by atoms with E-state index in [0.29, 0.717) is 12.0 Å². The number of nitrogen functional groups attached to an aromatic ring is 1. The van der Waals surface area contributed by atoms with Gasteiger partial charge in [0, 0.05) is 0 Å². The Morgan fingerprint density at radius 2 is 2.00 bits per heavy atom. The lowest BCUT2D eigenvalue weighted by molar-refractivity contribution is -0.384. The van der Waals surface area contributed by atoms with Gasteiger partial charge in [0.15, 0.2) is 0 Å². The average Bonchev–Trinajstić information content (AvgIpc) is 2.34. The Kier molecular flexibility index (Phi) is 3.44. The Balaban J connectivity index is 2.77. The lowest BCUT2D eigenvalue weighted by atomic mass is 9.71. The SMILES string of the molecule is CC(C)CC1(C)C(=O)NC(=O)c2c1ccc(N)c2[N+](=O)[O-]. The molecule has 1 heterocycles. The predicted molar refractivity (Wildman–Crippen MR) is 76.8 cm³/mol. The molecule has 2 rings (SSSR count). The van der Waals surface area contributed by atoms with Gasteiger partial charge in [0.2, 0.25) is 5.91 Å². The molecule has 1 aliphatic rings. The molecule has 1 atom stereocenters. The number of amides is 2. The van der Waals surface area contributed by atoms with Gasteiger partial charge < -0.3 is 5.73 Å². The van der Waals surface area contributed by atoms with E-state index in [2.05, 4.69) is 5.32 Å². The lowest BCUT2D eigenvalue weighted by Gasteiger charge is -2.35. The molecule has 7 heteroatoms. The minimum atomic E-state index is -0.990. The predicted octanol–water partition coefficient (Wildman–Crippen LogP) is 1.75. The third kappa shape index (κ3) is 2.24. The number of nitro groups is 1. The van der Waals surface area contributed by atoms with Crippen molar-refractivity contribution in [2.24, 2.45) is 5.92 Å². The largest absolute Gasteiger partial charge is 0.393 e. The third-order valence-electron chi connectivity index (χ3n) is 3.76. The number of hydrogen-bond donors (Lipinski definition) is 2. The van der Waals surface area contributed by atoms with Crippen LogP contribution < -0.4 is 11.1 Å². The number of imide groups is 1. The molecule has 1 unspecified atom stereocenters. The van der Waals surface area contributed by atoms with Gasteiger partial charge in [0.1, 0.15) is 11.3 Å². The van der Waals surface area contributed by atoms with Gasteiger partial charge in [-0.15, -0.1) is 0 Å². The maximum absolute atomic E-state index is 12.3. The summed E-state index contributed by atoms with van der Waals surface area (Å²) >= 11 is 0. The minimum Gasteiger partial charge on any atom is -0.393 e. The van der Waals surface area contributed by atoms with Gasteiger partial charge in [-0.05, 0) is 30.9 Å². The molecule has 0 fully saturated rings. The van der Waals surface area contributed by atoms with E-state index in [0.717, 1.165) is 0 Å². The first-order valence-electron chi connectivity index (χ1n) is 6.61. The zero-order valence-electron chi connectivity index (χ0n) is 12.1. The molecule has 0 radical (unpaired) electrons. The fourth-order valence-corrected chi connectivity index (χ4v) is 2.94. The summed E-state index contributed by atoms with van der Waals surface area (Å²) < 4.78 is 0. The van der Waals surface area contributed by atoms with Crippen LogP contribution in [0.15, 0.2) is 12.1 Å². The van der Waals surface area contributed by atoms with Crippen molar-refractivity contribution >= 4 is 23.2 Å². The molecule has 2 amide bonds. The molecular weight excluding hydrogens is 274 g/mol. The topological polar surface area (TPSA) is 115 Å². The number of carbonyl (C=O) groups is 2. The molecule has 1 aromatic rings. The van der Waals surface area contributed by atoms with Crippen molar-refractivity contribution < 1.29 is 14.5 Å². The molecule has 0 aromatic heterocycles. The summed E-state index contributed by atoms with van der Waals surface area (Å²) in [6.45, 7) is 5.58. The number of nitrogens with one attached hydrogen (secondary N) is 1. The molecule has 21 heavy (non-hydrogen) atoms. The highest BCUT2D eigenvalue weighted by molar-refractivity contribution is 6.15. The summed E-state index contributed by atoms with van der Waals surface area (Å²) in [5.74, 6) is -1.03. The Bertz CT molecular complexity index is 654. The zero-order chi connectivity index (χ0) is 15.9. The first kappa shape index (κ1) is 15.0. The first-order chi connectivity index (χ1) is 9.68. The van der Waals surface area contributed by atoms with Crippen LogP contribution in [0, 0.1) is 16.0 Å². The summed E-state index contributed by atoms with van der Waals surface area (Å²) in [6, 6.07) is 2.91. The van der Waals surface area contributed by atoms with Crippen molar-refractivity contribution in [2.75, 3.05) is 5.73 Å². The highest BCUT2D eigenvalue weighted by Gasteiger charge is 2.46. The lowest BCUT2D eigenvalue weighted by Crippen LogP contribution is -2.51. The fourth-order valence-electron chi connectivity index (χ4n) is 2.94. The van der Waals surface area contributed by atoms with Crippen LogP contribution in [0.2, 0.25) is 0 Å². The molecule has 3 N–H and O–H groups in total. The van der Waals surface area contributed by atoms with Crippen LogP contribution in [0.1, 0.15) is 43.1 Å². The number of benzene rings is 1. The number of fused-ring (bicyclic) bond motifs is 1. The van der Waals surface area contributed by atoms with E-state index in [9.17, 15) is 19.7 Å². The van der Waals surface area contributed by atoms with E-state index in [1.54, 1.807) is 6.92 Å². The number of nitrogens with zero attached hydrogens (tertiary/aromatic N) is 1. The van der Waals surface area contributed by atoms with Crippen LogP contribution >= 0.6 is 0 Å². The van der Waals surface area contributed by atoms with Crippen LogP contribution in [0.3, 0.4) is 0 Å². The number of carbonyl (C=O) groups excluding carboxylic acids is 2. The molecule has 1 aromatic carbocycles. The summed E-state index contributed by atoms with van der Waals surface area (Å²) in [4.78, 5) is 34.8. The molecule has 112 valence electrons. The maximum atomic E-state index is 12.3. The zero-order valence-corrected chi connectivity index (χ0v) is 12.1.